The fraction of sp³-hybridized carbons (Fsp3) is 0.667. The van der Waals surface area contributed by atoms with Gasteiger partial charge in [-0.1, -0.05) is 0 Å². The number of β-amino-alcohol motifs (C(OH)–C–C–N with tert-alkyl or cyclic N) is 1. The van der Waals surface area contributed by atoms with E-state index in [4.69, 9.17) is 0 Å². The summed E-state index contributed by atoms with van der Waals surface area (Å²) in [5, 5.41) is 10.8. The zero-order valence-electron chi connectivity index (χ0n) is 11.9. The number of likely N-dealkylation sites (tertiary alicyclic amines) is 1. The van der Waals surface area contributed by atoms with E-state index < -0.39 is 11.8 Å². The lowest BCUT2D eigenvalue weighted by atomic mass is 9.91. The molecule has 1 N–H and O–H groups in total. The average molecular weight is 279 g/mol. The summed E-state index contributed by atoms with van der Waals surface area (Å²) in [5.41, 5.74) is 1.32. The van der Waals surface area contributed by atoms with Crippen LogP contribution in [-0.4, -0.2) is 59.5 Å². The Morgan fingerprint density at radius 2 is 2.25 bits per heavy atom. The fourth-order valence-corrected chi connectivity index (χ4v) is 3.16. The topological polar surface area (TPSA) is 39.6 Å². The van der Waals surface area contributed by atoms with Crippen molar-refractivity contribution < 1.29 is 9.50 Å². The Morgan fingerprint density at radius 1 is 1.45 bits per heavy atom. The molecule has 0 spiro atoms. The van der Waals surface area contributed by atoms with E-state index in [1.54, 1.807) is 0 Å². The van der Waals surface area contributed by atoms with Crippen LogP contribution in [0.2, 0.25) is 0 Å². The summed E-state index contributed by atoms with van der Waals surface area (Å²) in [7, 11) is 0. The number of hydrogen-bond acceptors (Lipinski definition) is 4. The number of aliphatic hydroxyl groups is 1. The van der Waals surface area contributed by atoms with Crippen molar-refractivity contribution in [2.75, 3.05) is 37.6 Å². The molecular weight excluding hydrogens is 257 g/mol. The molecule has 2 aliphatic heterocycles. The van der Waals surface area contributed by atoms with Crippen LogP contribution in [0, 0.1) is 6.92 Å². The maximum Gasteiger partial charge on any atom is 0.125 e. The van der Waals surface area contributed by atoms with Gasteiger partial charge in [-0.3, -0.25) is 9.88 Å². The molecule has 1 aromatic heterocycles. The van der Waals surface area contributed by atoms with Gasteiger partial charge in [0, 0.05) is 38.4 Å². The van der Waals surface area contributed by atoms with Gasteiger partial charge in [-0.05, 0) is 31.9 Å². The van der Waals surface area contributed by atoms with Crippen molar-refractivity contribution in [3.8, 4) is 0 Å². The highest BCUT2D eigenvalue weighted by Gasteiger charge is 2.38. The van der Waals surface area contributed by atoms with Gasteiger partial charge in [0.1, 0.15) is 6.17 Å². The Morgan fingerprint density at radius 3 is 2.90 bits per heavy atom. The van der Waals surface area contributed by atoms with E-state index in [0.717, 1.165) is 30.8 Å². The summed E-state index contributed by atoms with van der Waals surface area (Å²) in [4.78, 5) is 8.50. The normalized spacial score (nSPS) is 28.4. The minimum Gasteiger partial charge on any atom is -0.387 e. The highest BCUT2D eigenvalue weighted by atomic mass is 19.1. The van der Waals surface area contributed by atoms with E-state index in [1.807, 2.05) is 24.1 Å². The molecule has 0 aromatic carbocycles. The lowest BCUT2D eigenvalue weighted by molar-refractivity contribution is -0.0445. The molecule has 0 bridgehead atoms. The van der Waals surface area contributed by atoms with Gasteiger partial charge < -0.3 is 10.0 Å². The largest absolute Gasteiger partial charge is 0.387 e. The van der Waals surface area contributed by atoms with Crippen molar-refractivity contribution in [3.63, 3.8) is 0 Å². The van der Waals surface area contributed by atoms with Gasteiger partial charge in [0.15, 0.2) is 0 Å². The molecule has 3 rings (SSSR count). The van der Waals surface area contributed by atoms with Gasteiger partial charge in [-0.15, -0.1) is 0 Å². The predicted molar refractivity (Wildman–Crippen MR) is 76.7 cm³/mol. The van der Waals surface area contributed by atoms with Gasteiger partial charge in [0.05, 0.1) is 17.5 Å². The lowest BCUT2D eigenvalue weighted by Gasteiger charge is -2.45. The number of pyridine rings is 1. The summed E-state index contributed by atoms with van der Waals surface area (Å²) >= 11 is 0. The summed E-state index contributed by atoms with van der Waals surface area (Å²) < 4.78 is 12.9. The van der Waals surface area contributed by atoms with Crippen LogP contribution in [0.3, 0.4) is 0 Å². The molecule has 1 unspecified atom stereocenters. The molecule has 2 fully saturated rings. The molecule has 110 valence electrons. The van der Waals surface area contributed by atoms with Gasteiger partial charge in [-0.25, -0.2) is 4.39 Å². The van der Waals surface area contributed by atoms with Crippen LogP contribution in [0.25, 0.3) is 0 Å². The Kier molecular flexibility index (Phi) is 3.65. The zero-order valence-corrected chi connectivity index (χ0v) is 11.9. The molecule has 4 nitrogen and oxygen atoms in total. The van der Waals surface area contributed by atoms with Crippen molar-refractivity contribution in [3.05, 3.63) is 24.0 Å². The molecule has 0 radical (unpaired) electrons. The minimum absolute atomic E-state index is 0.467. The molecule has 1 atom stereocenters. The Hall–Kier alpha value is -1.20. The maximum atomic E-state index is 12.9. The number of anilines is 1. The van der Waals surface area contributed by atoms with E-state index in [1.165, 1.54) is 0 Å². The monoisotopic (exact) mass is 279 g/mol. The molecule has 20 heavy (non-hydrogen) atoms. The first-order chi connectivity index (χ1) is 9.54. The lowest BCUT2D eigenvalue weighted by Crippen LogP contribution is -2.59. The quantitative estimate of drug-likeness (QED) is 0.907. The first kappa shape index (κ1) is 13.8. The van der Waals surface area contributed by atoms with Gasteiger partial charge in [0.2, 0.25) is 0 Å². The van der Waals surface area contributed by atoms with Crippen LogP contribution in [0.1, 0.15) is 18.5 Å². The molecule has 0 aliphatic carbocycles. The van der Waals surface area contributed by atoms with E-state index >= 15 is 0 Å². The van der Waals surface area contributed by atoms with E-state index in [0.29, 0.717) is 26.2 Å². The van der Waals surface area contributed by atoms with Gasteiger partial charge in [0.25, 0.3) is 0 Å². The summed E-state index contributed by atoms with van der Waals surface area (Å²) in [6.45, 7) is 5.02. The number of hydrogen-bond donors (Lipinski definition) is 1. The molecule has 5 heteroatoms. The van der Waals surface area contributed by atoms with Crippen LogP contribution in [-0.2, 0) is 0 Å². The van der Waals surface area contributed by atoms with Gasteiger partial charge >= 0.3 is 0 Å². The Labute approximate surface area is 119 Å². The van der Waals surface area contributed by atoms with Crippen molar-refractivity contribution >= 4 is 5.69 Å². The first-order valence-corrected chi connectivity index (χ1v) is 7.30. The van der Waals surface area contributed by atoms with E-state index in [2.05, 4.69) is 16.0 Å². The summed E-state index contributed by atoms with van der Waals surface area (Å²) in [6.07, 6.45) is 2.90. The number of aryl methyl sites for hydroxylation is 1. The smallest absolute Gasteiger partial charge is 0.125 e. The SMILES string of the molecule is Cc1ccc(N2CCCC(O)(CN3CC(F)C3)C2)cn1. The van der Waals surface area contributed by atoms with E-state index in [-0.39, 0.29) is 0 Å². The highest BCUT2D eigenvalue weighted by molar-refractivity contribution is 5.45. The Bertz CT molecular complexity index is 461. The molecule has 1 aromatic rings. The fourth-order valence-electron chi connectivity index (χ4n) is 3.16. The predicted octanol–water partition coefficient (Wildman–Crippen LogP) is 1.38. The van der Waals surface area contributed by atoms with Crippen LogP contribution in [0.4, 0.5) is 10.1 Å². The molecular formula is C15H22FN3O. The first-order valence-electron chi connectivity index (χ1n) is 7.30. The maximum absolute atomic E-state index is 12.9. The zero-order chi connectivity index (χ0) is 14.2. The van der Waals surface area contributed by atoms with Crippen molar-refractivity contribution in [2.45, 2.75) is 31.5 Å². The van der Waals surface area contributed by atoms with Crippen LogP contribution >= 0.6 is 0 Å². The number of piperidine rings is 1. The third-order valence-electron chi connectivity index (χ3n) is 4.25. The molecule has 0 saturated carbocycles. The number of alkyl halides is 1. The second-order valence-corrected chi connectivity index (χ2v) is 6.20. The summed E-state index contributed by atoms with van der Waals surface area (Å²) in [6, 6.07) is 4.04. The van der Waals surface area contributed by atoms with Crippen molar-refractivity contribution in [1.29, 1.82) is 0 Å². The van der Waals surface area contributed by atoms with E-state index in [9.17, 15) is 9.50 Å². The Balaban J connectivity index is 1.64. The number of nitrogens with zero attached hydrogens (tertiary/aromatic N) is 3. The molecule has 0 amide bonds. The third kappa shape index (κ3) is 2.94. The van der Waals surface area contributed by atoms with Crippen LogP contribution < -0.4 is 4.90 Å². The molecule has 2 aliphatic rings. The van der Waals surface area contributed by atoms with Crippen molar-refractivity contribution in [1.82, 2.24) is 9.88 Å². The second kappa shape index (κ2) is 5.30. The number of aromatic nitrogens is 1. The van der Waals surface area contributed by atoms with Crippen LogP contribution in [0.5, 0.6) is 0 Å². The van der Waals surface area contributed by atoms with Gasteiger partial charge in [-0.2, -0.15) is 0 Å². The third-order valence-corrected chi connectivity index (χ3v) is 4.25. The molecule has 3 heterocycles. The number of halogens is 1. The summed E-state index contributed by atoms with van der Waals surface area (Å²) in [5.74, 6) is 0. The highest BCUT2D eigenvalue weighted by Crippen LogP contribution is 2.28. The standard InChI is InChI=1S/C15H22FN3O/c1-12-3-4-14(7-17-12)19-6-2-5-15(20,11-19)10-18-8-13(16)9-18/h3-4,7,13,20H,2,5-6,8-11H2,1H3. The van der Waals surface area contributed by atoms with Crippen LogP contribution in [0.15, 0.2) is 18.3 Å². The second-order valence-electron chi connectivity index (χ2n) is 6.20. The molecule has 2 saturated heterocycles. The number of rotatable bonds is 3. The average Bonchev–Trinajstić information content (AvgIpc) is 2.37. The minimum atomic E-state index is -0.733. The van der Waals surface area contributed by atoms with Crippen molar-refractivity contribution in [2.24, 2.45) is 0 Å².